The standard InChI is InChI=1S/C18H27N5O.2ClH/c1-5-13(3)23-17-16(11-20-23)15(9-12(2)21-17)18(24)22-8-6-7-14(22)10-19-4;;/h9,11,13-14,19H,5-8,10H2,1-4H3;2*1H. The van der Waals surface area contributed by atoms with E-state index in [1.165, 1.54) is 0 Å². The molecule has 26 heavy (non-hydrogen) atoms. The summed E-state index contributed by atoms with van der Waals surface area (Å²) in [4.78, 5) is 19.8. The van der Waals surface area contributed by atoms with Gasteiger partial charge in [-0.3, -0.25) is 4.79 Å². The average Bonchev–Trinajstić information content (AvgIpc) is 3.20. The number of amides is 1. The summed E-state index contributed by atoms with van der Waals surface area (Å²) in [6.07, 6.45) is 4.90. The number of fused-ring (bicyclic) bond motifs is 1. The fraction of sp³-hybridized carbons (Fsp3) is 0.611. The molecular formula is C18H29Cl2N5O. The van der Waals surface area contributed by atoms with Gasteiger partial charge >= 0.3 is 0 Å². The van der Waals surface area contributed by atoms with Crippen LogP contribution in [0.3, 0.4) is 0 Å². The van der Waals surface area contributed by atoms with Crippen LogP contribution in [0.25, 0.3) is 11.0 Å². The van der Waals surface area contributed by atoms with E-state index in [-0.39, 0.29) is 42.8 Å². The molecule has 2 aromatic rings. The van der Waals surface area contributed by atoms with Gasteiger partial charge in [0.05, 0.1) is 23.2 Å². The van der Waals surface area contributed by atoms with Gasteiger partial charge < -0.3 is 10.2 Å². The maximum atomic E-state index is 13.2. The number of rotatable bonds is 5. The third kappa shape index (κ3) is 4.13. The third-order valence-corrected chi connectivity index (χ3v) is 5.01. The number of likely N-dealkylation sites (N-methyl/N-ethyl adjacent to an activating group) is 1. The Morgan fingerprint density at radius 3 is 2.81 bits per heavy atom. The van der Waals surface area contributed by atoms with E-state index < -0.39 is 0 Å². The molecular weight excluding hydrogens is 373 g/mol. The van der Waals surface area contributed by atoms with Crippen molar-refractivity contribution in [3.05, 3.63) is 23.5 Å². The van der Waals surface area contributed by atoms with Crippen molar-refractivity contribution in [2.45, 2.75) is 52.1 Å². The number of halogens is 2. The van der Waals surface area contributed by atoms with E-state index in [0.717, 1.165) is 54.6 Å². The van der Waals surface area contributed by atoms with Crippen LogP contribution in [-0.4, -0.2) is 51.8 Å². The van der Waals surface area contributed by atoms with Gasteiger partial charge in [-0.05, 0) is 46.2 Å². The minimum atomic E-state index is 0. The lowest BCUT2D eigenvalue weighted by atomic mass is 10.1. The highest BCUT2D eigenvalue weighted by molar-refractivity contribution is 6.05. The Bertz CT molecular complexity index is 749. The number of pyridine rings is 1. The number of likely N-dealkylation sites (tertiary alicyclic amines) is 1. The molecule has 2 atom stereocenters. The van der Waals surface area contributed by atoms with Crippen LogP contribution in [0.15, 0.2) is 12.3 Å². The maximum absolute atomic E-state index is 13.2. The number of aryl methyl sites for hydroxylation is 1. The molecule has 3 heterocycles. The predicted molar refractivity (Wildman–Crippen MR) is 110 cm³/mol. The highest BCUT2D eigenvalue weighted by Crippen LogP contribution is 2.26. The molecule has 6 nitrogen and oxygen atoms in total. The second-order valence-electron chi connectivity index (χ2n) is 6.75. The molecule has 3 rings (SSSR count). The van der Waals surface area contributed by atoms with Crippen LogP contribution in [0.4, 0.5) is 0 Å². The van der Waals surface area contributed by atoms with Crippen molar-refractivity contribution < 1.29 is 4.79 Å². The highest BCUT2D eigenvalue weighted by Gasteiger charge is 2.30. The Morgan fingerprint density at radius 1 is 1.42 bits per heavy atom. The van der Waals surface area contributed by atoms with Gasteiger partial charge in [0.2, 0.25) is 0 Å². The lowest BCUT2D eigenvalue weighted by Gasteiger charge is -2.25. The largest absolute Gasteiger partial charge is 0.334 e. The molecule has 0 aromatic carbocycles. The number of hydrogen-bond donors (Lipinski definition) is 1. The first-order valence-corrected chi connectivity index (χ1v) is 8.87. The van der Waals surface area contributed by atoms with E-state index in [1.54, 1.807) is 6.20 Å². The van der Waals surface area contributed by atoms with E-state index in [1.807, 2.05) is 29.6 Å². The van der Waals surface area contributed by atoms with Gasteiger partial charge in [-0.2, -0.15) is 5.10 Å². The van der Waals surface area contributed by atoms with Crippen molar-refractivity contribution in [3.8, 4) is 0 Å². The fourth-order valence-electron chi connectivity index (χ4n) is 3.52. The fourth-order valence-corrected chi connectivity index (χ4v) is 3.52. The summed E-state index contributed by atoms with van der Waals surface area (Å²) in [6.45, 7) is 7.87. The summed E-state index contributed by atoms with van der Waals surface area (Å²) in [7, 11) is 1.94. The quantitative estimate of drug-likeness (QED) is 0.833. The number of aromatic nitrogens is 3. The normalized spacial score (nSPS) is 17.7. The molecule has 0 bridgehead atoms. The highest BCUT2D eigenvalue weighted by atomic mass is 35.5. The molecule has 1 aliphatic heterocycles. The zero-order valence-corrected chi connectivity index (χ0v) is 17.5. The molecule has 0 spiro atoms. The second-order valence-corrected chi connectivity index (χ2v) is 6.75. The molecule has 1 fully saturated rings. The Labute approximate surface area is 167 Å². The van der Waals surface area contributed by atoms with Crippen LogP contribution >= 0.6 is 24.8 Å². The lowest BCUT2D eigenvalue weighted by Crippen LogP contribution is -2.40. The molecule has 2 aromatic heterocycles. The molecule has 1 saturated heterocycles. The van der Waals surface area contributed by atoms with Crippen molar-refractivity contribution in [2.24, 2.45) is 0 Å². The molecule has 1 amide bonds. The first kappa shape index (κ1) is 22.7. The van der Waals surface area contributed by atoms with Crippen LogP contribution in [0.5, 0.6) is 0 Å². The van der Waals surface area contributed by atoms with E-state index >= 15 is 0 Å². The third-order valence-electron chi connectivity index (χ3n) is 5.01. The van der Waals surface area contributed by atoms with Gasteiger partial charge in [0, 0.05) is 24.8 Å². The minimum absolute atomic E-state index is 0. The topological polar surface area (TPSA) is 63.1 Å². The van der Waals surface area contributed by atoms with E-state index in [2.05, 4.69) is 29.2 Å². The summed E-state index contributed by atoms with van der Waals surface area (Å²) in [5.74, 6) is 0.104. The van der Waals surface area contributed by atoms with Gasteiger partial charge in [-0.25, -0.2) is 9.67 Å². The molecule has 0 saturated carbocycles. The molecule has 2 unspecified atom stereocenters. The zero-order valence-electron chi connectivity index (χ0n) is 15.9. The number of carbonyl (C=O) groups is 1. The molecule has 1 N–H and O–H groups in total. The van der Waals surface area contributed by atoms with Crippen LogP contribution in [0, 0.1) is 6.92 Å². The SMILES string of the molecule is CCC(C)n1ncc2c(C(=O)N3CCCC3CNC)cc(C)nc21.Cl.Cl. The maximum Gasteiger partial charge on any atom is 0.255 e. The van der Waals surface area contributed by atoms with E-state index in [9.17, 15) is 4.79 Å². The van der Waals surface area contributed by atoms with Crippen molar-refractivity contribution in [2.75, 3.05) is 20.1 Å². The van der Waals surface area contributed by atoms with Crippen LogP contribution in [0.1, 0.15) is 55.2 Å². The average molecular weight is 402 g/mol. The number of hydrogen-bond acceptors (Lipinski definition) is 4. The predicted octanol–water partition coefficient (Wildman–Crippen LogP) is 3.38. The molecule has 146 valence electrons. The van der Waals surface area contributed by atoms with Crippen LogP contribution < -0.4 is 5.32 Å². The molecule has 0 aliphatic carbocycles. The summed E-state index contributed by atoms with van der Waals surface area (Å²) in [6, 6.07) is 2.45. The smallest absolute Gasteiger partial charge is 0.255 e. The van der Waals surface area contributed by atoms with Gasteiger partial charge in [0.1, 0.15) is 0 Å². The first-order chi connectivity index (χ1) is 11.6. The first-order valence-electron chi connectivity index (χ1n) is 8.87. The molecule has 0 radical (unpaired) electrons. The van der Waals surface area contributed by atoms with Crippen LogP contribution in [-0.2, 0) is 0 Å². The monoisotopic (exact) mass is 401 g/mol. The van der Waals surface area contributed by atoms with Crippen molar-refractivity contribution >= 4 is 41.8 Å². The molecule has 1 aliphatic rings. The van der Waals surface area contributed by atoms with Crippen molar-refractivity contribution in [3.63, 3.8) is 0 Å². The Morgan fingerprint density at radius 2 is 2.15 bits per heavy atom. The Hall–Kier alpha value is -1.37. The van der Waals surface area contributed by atoms with Gasteiger partial charge in [-0.1, -0.05) is 6.92 Å². The number of nitrogens with zero attached hydrogens (tertiary/aromatic N) is 4. The summed E-state index contributed by atoms with van der Waals surface area (Å²) >= 11 is 0. The van der Waals surface area contributed by atoms with Crippen molar-refractivity contribution in [1.29, 1.82) is 0 Å². The Kier molecular flexibility index (Phi) is 8.31. The number of nitrogens with one attached hydrogen (secondary N) is 1. The van der Waals surface area contributed by atoms with Crippen LogP contribution in [0.2, 0.25) is 0 Å². The lowest BCUT2D eigenvalue weighted by molar-refractivity contribution is 0.0739. The van der Waals surface area contributed by atoms with E-state index in [4.69, 9.17) is 0 Å². The van der Waals surface area contributed by atoms with Crippen molar-refractivity contribution in [1.82, 2.24) is 25.0 Å². The minimum Gasteiger partial charge on any atom is -0.334 e. The summed E-state index contributed by atoms with van der Waals surface area (Å²) in [5, 5.41) is 8.56. The Balaban J connectivity index is 0.00000169. The summed E-state index contributed by atoms with van der Waals surface area (Å²) < 4.78 is 1.94. The van der Waals surface area contributed by atoms with Gasteiger partial charge in [-0.15, -0.1) is 24.8 Å². The zero-order chi connectivity index (χ0) is 17.3. The van der Waals surface area contributed by atoms with E-state index in [0.29, 0.717) is 0 Å². The summed E-state index contributed by atoms with van der Waals surface area (Å²) in [5.41, 5.74) is 2.41. The van der Waals surface area contributed by atoms with Gasteiger partial charge in [0.15, 0.2) is 5.65 Å². The molecule has 8 heteroatoms. The second kappa shape index (κ2) is 9.53. The van der Waals surface area contributed by atoms with Gasteiger partial charge in [0.25, 0.3) is 5.91 Å². The number of carbonyl (C=O) groups excluding carboxylic acids is 1.